The molecule has 0 saturated carbocycles. The third-order valence-corrected chi connectivity index (χ3v) is 4.19. The predicted octanol–water partition coefficient (Wildman–Crippen LogP) is 4.94. The molecule has 1 unspecified atom stereocenters. The maximum absolute atomic E-state index is 12.0. The van der Waals surface area contributed by atoms with Crippen molar-refractivity contribution in [2.45, 2.75) is 13.0 Å². The van der Waals surface area contributed by atoms with Crippen LogP contribution in [0.4, 0.5) is 5.69 Å². The van der Waals surface area contributed by atoms with E-state index >= 15 is 0 Å². The van der Waals surface area contributed by atoms with Crippen molar-refractivity contribution < 1.29 is 4.79 Å². The molecule has 1 amide bonds. The highest BCUT2D eigenvalue weighted by atomic mass is 35.5. The van der Waals surface area contributed by atoms with Crippen LogP contribution in [-0.4, -0.2) is 12.5 Å². The summed E-state index contributed by atoms with van der Waals surface area (Å²) in [6.07, 6.45) is 0. The smallest absolute Gasteiger partial charge is 0.238 e. The van der Waals surface area contributed by atoms with Crippen molar-refractivity contribution in [3.63, 3.8) is 0 Å². The lowest BCUT2D eigenvalue weighted by molar-refractivity contribution is -0.115. The first-order valence-corrected chi connectivity index (χ1v) is 7.83. The zero-order valence-corrected chi connectivity index (χ0v) is 14.1. The van der Waals surface area contributed by atoms with E-state index in [1.807, 2.05) is 37.3 Å². The topological polar surface area (TPSA) is 41.1 Å². The number of hydrogen-bond acceptors (Lipinski definition) is 2. The van der Waals surface area contributed by atoms with Gasteiger partial charge in [0.1, 0.15) is 0 Å². The van der Waals surface area contributed by atoms with Crippen molar-refractivity contribution in [1.29, 1.82) is 0 Å². The lowest BCUT2D eigenvalue weighted by Crippen LogP contribution is -2.30. The van der Waals surface area contributed by atoms with Gasteiger partial charge in [-0.3, -0.25) is 4.79 Å². The van der Waals surface area contributed by atoms with Gasteiger partial charge in [0.2, 0.25) is 5.91 Å². The lowest BCUT2D eigenvalue weighted by atomic mass is 10.1. The maximum atomic E-state index is 12.0. The second-order valence-corrected chi connectivity index (χ2v) is 6.03. The molecule has 3 nitrogen and oxygen atoms in total. The molecule has 2 aromatic carbocycles. The minimum atomic E-state index is -0.205. The van der Waals surface area contributed by atoms with Crippen LogP contribution in [0, 0.1) is 0 Å². The van der Waals surface area contributed by atoms with Gasteiger partial charge in [-0.2, -0.15) is 0 Å². The minimum Gasteiger partial charge on any atom is -0.324 e. The Kier molecular flexibility index (Phi) is 6.09. The number of halogens is 3. The van der Waals surface area contributed by atoms with Gasteiger partial charge in [-0.15, -0.1) is 0 Å². The molecule has 6 heteroatoms. The Balaban J connectivity index is 1.92. The highest BCUT2D eigenvalue weighted by molar-refractivity contribution is 6.44. The fourth-order valence-electron chi connectivity index (χ4n) is 1.92. The summed E-state index contributed by atoms with van der Waals surface area (Å²) >= 11 is 17.8. The number of hydrogen-bond donors (Lipinski definition) is 2. The normalized spacial score (nSPS) is 12.0. The molecule has 0 aliphatic rings. The molecular formula is C16H15Cl3N2O. The van der Waals surface area contributed by atoms with E-state index in [1.54, 1.807) is 0 Å². The second kappa shape index (κ2) is 7.84. The number of rotatable bonds is 5. The van der Waals surface area contributed by atoms with Crippen LogP contribution in [0.1, 0.15) is 18.5 Å². The van der Waals surface area contributed by atoms with Crippen LogP contribution < -0.4 is 10.6 Å². The van der Waals surface area contributed by atoms with E-state index in [4.69, 9.17) is 34.8 Å². The third-order valence-electron chi connectivity index (χ3n) is 3.15. The van der Waals surface area contributed by atoms with Gasteiger partial charge in [-0.25, -0.2) is 0 Å². The second-order valence-electron chi connectivity index (χ2n) is 4.81. The molecule has 0 aliphatic carbocycles. The molecule has 0 saturated heterocycles. The van der Waals surface area contributed by atoms with Gasteiger partial charge < -0.3 is 10.6 Å². The van der Waals surface area contributed by atoms with Crippen molar-refractivity contribution in [3.05, 3.63) is 63.1 Å². The van der Waals surface area contributed by atoms with Crippen molar-refractivity contribution in [2.24, 2.45) is 0 Å². The van der Waals surface area contributed by atoms with E-state index in [-0.39, 0.29) is 18.5 Å². The van der Waals surface area contributed by atoms with E-state index < -0.39 is 0 Å². The highest BCUT2D eigenvalue weighted by Crippen LogP contribution is 2.32. The highest BCUT2D eigenvalue weighted by Gasteiger charge is 2.11. The van der Waals surface area contributed by atoms with Crippen LogP contribution in [0.15, 0.2) is 42.5 Å². The summed E-state index contributed by atoms with van der Waals surface area (Å²) in [5, 5.41) is 6.89. The number of benzene rings is 2. The zero-order chi connectivity index (χ0) is 16.1. The van der Waals surface area contributed by atoms with Gasteiger partial charge >= 0.3 is 0 Å². The Morgan fingerprint density at radius 2 is 1.68 bits per heavy atom. The summed E-state index contributed by atoms with van der Waals surface area (Å²) < 4.78 is 0. The Bertz CT molecular complexity index is 662. The fraction of sp³-hybridized carbons (Fsp3) is 0.188. The molecule has 2 rings (SSSR count). The molecule has 2 N–H and O–H groups in total. The minimum absolute atomic E-state index is 0.0660. The van der Waals surface area contributed by atoms with Crippen LogP contribution in [-0.2, 0) is 4.79 Å². The Morgan fingerprint density at radius 3 is 2.36 bits per heavy atom. The molecule has 0 bridgehead atoms. The third kappa shape index (κ3) is 4.62. The SMILES string of the molecule is CC(NCC(=O)Nc1cc(Cl)c(Cl)cc1Cl)c1ccccc1. The van der Waals surface area contributed by atoms with Gasteiger partial charge in [0.05, 0.1) is 27.3 Å². The molecule has 22 heavy (non-hydrogen) atoms. The molecule has 0 radical (unpaired) electrons. The summed E-state index contributed by atoms with van der Waals surface area (Å²) in [6, 6.07) is 13.0. The summed E-state index contributed by atoms with van der Waals surface area (Å²) in [5.74, 6) is -0.205. The number of anilines is 1. The number of amides is 1. The first-order chi connectivity index (χ1) is 10.5. The Labute approximate surface area is 144 Å². The van der Waals surface area contributed by atoms with Crippen molar-refractivity contribution >= 4 is 46.4 Å². The van der Waals surface area contributed by atoms with E-state index in [2.05, 4.69) is 10.6 Å². The predicted molar refractivity (Wildman–Crippen MR) is 93.0 cm³/mol. The number of nitrogens with one attached hydrogen (secondary N) is 2. The van der Waals surface area contributed by atoms with E-state index in [1.165, 1.54) is 12.1 Å². The van der Waals surface area contributed by atoms with E-state index in [0.29, 0.717) is 20.8 Å². The molecule has 2 aromatic rings. The van der Waals surface area contributed by atoms with Crippen molar-refractivity contribution in [2.75, 3.05) is 11.9 Å². The van der Waals surface area contributed by atoms with Gasteiger partial charge in [0.15, 0.2) is 0 Å². The Hall–Kier alpha value is -1.26. The maximum Gasteiger partial charge on any atom is 0.238 e. The van der Waals surface area contributed by atoms with Crippen molar-refractivity contribution in [1.82, 2.24) is 5.32 Å². The number of carbonyl (C=O) groups is 1. The summed E-state index contributed by atoms with van der Waals surface area (Å²) in [6.45, 7) is 2.15. The van der Waals surface area contributed by atoms with Gasteiger partial charge in [0, 0.05) is 6.04 Å². The van der Waals surface area contributed by atoms with Crippen LogP contribution in [0.2, 0.25) is 15.1 Å². The first kappa shape index (κ1) is 17.1. The van der Waals surface area contributed by atoms with Crippen LogP contribution >= 0.6 is 34.8 Å². The van der Waals surface area contributed by atoms with Crippen LogP contribution in [0.5, 0.6) is 0 Å². The first-order valence-electron chi connectivity index (χ1n) is 6.70. The average molecular weight is 358 g/mol. The van der Waals surface area contributed by atoms with Gasteiger partial charge in [-0.1, -0.05) is 65.1 Å². The summed E-state index contributed by atoms with van der Waals surface area (Å²) in [7, 11) is 0. The summed E-state index contributed by atoms with van der Waals surface area (Å²) in [4.78, 5) is 12.0. The van der Waals surface area contributed by atoms with E-state index in [0.717, 1.165) is 5.56 Å². The monoisotopic (exact) mass is 356 g/mol. The van der Waals surface area contributed by atoms with Gasteiger partial charge in [0.25, 0.3) is 0 Å². The molecular weight excluding hydrogens is 343 g/mol. The summed E-state index contributed by atoms with van der Waals surface area (Å²) in [5.41, 5.74) is 1.55. The van der Waals surface area contributed by atoms with Crippen molar-refractivity contribution in [3.8, 4) is 0 Å². The van der Waals surface area contributed by atoms with Gasteiger partial charge in [-0.05, 0) is 24.6 Å². The fourth-order valence-corrected chi connectivity index (χ4v) is 2.51. The number of carbonyl (C=O) groups excluding carboxylic acids is 1. The Morgan fingerprint density at radius 1 is 1.05 bits per heavy atom. The molecule has 0 aromatic heterocycles. The lowest BCUT2D eigenvalue weighted by Gasteiger charge is -2.14. The molecule has 1 atom stereocenters. The zero-order valence-electron chi connectivity index (χ0n) is 11.9. The van der Waals surface area contributed by atoms with E-state index in [9.17, 15) is 4.79 Å². The van der Waals surface area contributed by atoms with Crippen LogP contribution in [0.25, 0.3) is 0 Å². The molecule has 0 aliphatic heterocycles. The van der Waals surface area contributed by atoms with Crippen LogP contribution in [0.3, 0.4) is 0 Å². The largest absolute Gasteiger partial charge is 0.324 e. The molecule has 116 valence electrons. The molecule has 0 fully saturated rings. The standard InChI is InChI=1S/C16H15Cl3N2O/c1-10(11-5-3-2-4-6-11)20-9-16(22)21-15-8-13(18)12(17)7-14(15)19/h2-8,10,20H,9H2,1H3,(H,21,22). The molecule has 0 spiro atoms. The molecule has 0 heterocycles. The quantitative estimate of drug-likeness (QED) is 0.744. The average Bonchev–Trinajstić information content (AvgIpc) is 2.51.